The van der Waals surface area contributed by atoms with E-state index in [1.54, 1.807) is 13.8 Å². The van der Waals surface area contributed by atoms with E-state index in [1.165, 1.54) is 4.90 Å². The van der Waals surface area contributed by atoms with E-state index < -0.39 is 247 Å². The van der Waals surface area contributed by atoms with Crippen LogP contribution in [-0.4, -0.2) is 29.6 Å². The minimum Gasteiger partial charge on any atom is -0.309 e. The molecule has 6 heteroatoms. The largest absolute Gasteiger partial charge is 0.309 e. The topological polar surface area (TPSA) is 51.8 Å². The number of para-hydroxylation sites is 5. The highest BCUT2D eigenvalue weighted by Crippen LogP contribution is 2.60. The Kier molecular flexibility index (Phi) is 3.59. The van der Waals surface area contributed by atoms with Crippen molar-refractivity contribution in [2.45, 2.75) is 50.5 Å². The molecule has 0 amide bonds. The number of aromatic nitrogens is 5. The lowest BCUT2D eigenvalue weighted by Crippen LogP contribution is -2.55. The van der Waals surface area contributed by atoms with E-state index in [1.807, 2.05) is 0 Å². The quantitative estimate of drug-likeness (QED) is 0.174. The molecule has 1 aliphatic carbocycles. The molecular weight excluding hydrogens is 721 g/mol. The van der Waals surface area contributed by atoms with E-state index in [0.717, 1.165) is 15.2 Å². The number of rotatable bonds is 5. The molecule has 1 aliphatic heterocycles. The Hall–Kier alpha value is -7.05. The molecule has 2 aliphatic rings. The minimum absolute atomic E-state index is 0.133. The summed E-state index contributed by atoms with van der Waals surface area (Å²) in [5, 5.41) is -1.53. The van der Waals surface area contributed by atoms with Gasteiger partial charge in [-0.15, -0.1) is 0 Å². The van der Waals surface area contributed by atoms with E-state index in [0.29, 0.717) is 19.3 Å². The predicted octanol–water partition coefficient (Wildman–Crippen LogP) is 13.1. The van der Waals surface area contributed by atoms with E-state index >= 15 is 0 Å². The zero-order valence-corrected chi connectivity index (χ0v) is 31.1. The molecule has 2 unspecified atom stereocenters. The highest BCUT2D eigenvalue weighted by Gasteiger charge is 2.58. The van der Waals surface area contributed by atoms with Crippen molar-refractivity contribution in [1.82, 2.24) is 24.1 Å². The fourth-order valence-corrected chi connectivity index (χ4v) is 8.91. The third-order valence-electron chi connectivity index (χ3n) is 11.9. The Balaban J connectivity index is 1.39. The van der Waals surface area contributed by atoms with Gasteiger partial charge in [-0.25, -0.2) is 0 Å². The standard InChI is InChI=1S/C53H42N6/c1-52-32-16-17-33-53(52,2)59(48-29-15-10-24-42(48)52)51-55-49(54-50(56-51)58-45-27-13-8-22-39(45)40-23-9-14-28-46(40)58)41-34-36(35-18-4-3-5-19-35)30-31-47(41)57-43-25-11-6-20-37(43)38-21-7-12-26-44(38)57/h3-15,18-31,34H,16-17,32-33H2,1-2H3/i3D,4D,5D,6D,7D,8D,9D,10D,11D,12D,13D,14D,15D,18D,19D,20D,22D,23D,24D,25D,26D,27D,28D,29D,30D,31D,34D. The number of hydrogen-bond donors (Lipinski definition) is 0. The fraction of sp³-hybridized carbons (Fsp3) is 0.151. The fourth-order valence-electron chi connectivity index (χ4n) is 8.91. The van der Waals surface area contributed by atoms with Gasteiger partial charge in [0.15, 0.2) is 5.82 Å². The van der Waals surface area contributed by atoms with Crippen molar-refractivity contribution in [3.8, 4) is 34.2 Å². The Morgan fingerprint density at radius 2 is 1.07 bits per heavy atom. The van der Waals surface area contributed by atoms with Gasteiger partial charge in [0.25, 0.3) is 0 Å². The second-order valence-corrected chi connectivity index (χ2v) is 14.7. The number of fused-ring (bicyclic) bond motifs is 9. The van der Waals surface area contributed by atoms with Gasteiger partial charge in [0.1, 0.15) is 0 Å². The lowest BCUT2D eigenvalue weighted by atomic mass is 9.61. The lowest BCUT2D eigenvalue weighted by Gasteiger charge is -2.49. The highest BCUT2D eigenvalue weighted by molar-refractivity contribution is 6.10. The molecule has 1 saturated carbocycles. The summed E-state index contributed by atoms with van der Waals surface area (Å²) >= 11 is 0. The summed E-state index contributed by atoms with van der Waals surface area (Å²) in [5.41, 5.74) is -7.95. The second-order valence-electron chi connectivity index (χ2n) is 14.7. The van der Waals surface area contributed by atoms with Crippen molar-refractivity contribution < 1.29 is 37.0 Å². The average molecular weight is 790 g/mol. The summed E-state index contributed by atoms with van der Waals surface area (Å²) in [6.45, 7) is 3.55. The van der Waals surface area contributed by atoms with Crippen LogP contribution in [0.3, 0.4) is 0 Å². The van der Waals surface area contributed by atoms with Crippen molar-refractivity contribution in [3.05, 3.63) is 175 Å². The molecule has 6 nitrogen and oxygen atoms in total. The molecule has 59 heavy (non-hydrogen) atoms. The van der Waals surface area contributed by atoms with Crippen LogP contribution in [0.25, 0.3) is 77.8 Å². The van der Waals surface area contributed by atoms with E-state index in [4.69, 9.17) is 35.5 Å². The van der Waals surface area contributed by atoms with Crippen molar-refractivity contribution in [2.24, 2.45) is 0 Å². The summed E-state index contributed by atoms with van der Waals surface area (Å²) < 4.78 is 249. The van der Waals surface area contributed by atoms with Crippen LogP contribution in [0.2, 0.25) is 0 Å². The molecule has 12 rings (SSSR count). The Bertz CT molecular complexity index is 4760. The first-order valence-electron chi connectivity index (χ1n) is 32.1. The minimum atomic E-state index is -1.37. The van der Waals surface area contributed by atoms with Gasteiger partial charge in [-0.3, -0.25) is 4.57 Å². The molecule has 10 aromatic rings. The summed E-state index contributed by atoms with van der Waals surface area (Å²) in [5.74, 6) is -2.22. The van der Waals surface area contributed by atoms with Crippen molar-refractivity contribution in [2.75, 3.05) is 4.90 Å². The number of benzene rings is 7. The monoisotopic (exact) mass is 790 g/mol. The van der Waals surface area contributed by atoms with Gasteiger partial charge >= 0.3 is 0 Å². The average Bonchev–Trinajstić information content (AvgIpc) is 1.52. The van der Waals surface area contributed by atoms with Crippen LogP contribution in [-0.2, 0) is 5.41 Å². The maximum absolute atomic E-state index is 10.4. The van der Waals surface area contributed by atoms with E-state index in [2.05, 4.69) is 0 Å². The van der Waals surface area contributed by atoms with Crippen LogP contribution < -0.4 is 4.90 Å². The number of hydrogen-bond acceptors (Lipinski definition) is 4. The highest BCUT2D eigenvalue weighted by atomic mass is 15.4. The Morgan fingerprint density at radius 3 is 1.81 bits per heavy atom. The third kappa shape index (κ3) is 4.83. The second kappa shape index (κ2) is 12.7. The van der Waals surface area contributed by atoms with Gasteiger partial charge in [0.2, 0.25) is 11.9 Å². The third-order valence-corrected chi connectivity index (χ3v) is 11.9. The first-order valence-corrected chi connectivity index (χ1v) is 18.6. The van der Waals surface area contributed by atoms with Crippen LogP contribution in [0.5, 0.6) is 0 Å². The lowest BCUT2D eigenvalue weighted by molar-refractivity contribution is 0.193. The van der Waals surface area contributed by atoms with Crippen LogP contribution in [0.15, 0.2) is 169 Å². The number of anilines is 2. The molecule has 4 heterocycles. The number of nitrogens with zero attached hydrogens (tertiary/aromatic N) is 6. The zero-order chi connectivity index (χ0) is 62.8. The van der Waals surface area contributed by atoms with Gasteiger partial charge in [0.05, 0.1) is 70.3 Å². The summed E-state index contributed by atoms with van der Waals surface area (Å²) in [7, 11) is 0. The molecule has 0 bridgehead atoms. The van der Waals surface area contributed by atoms with E-state index in [9.17, 15) is 16.4 Å². The molecule has 0 N–H and O–H groups in total. The SMILES string of the molecule is [2H]c1cc2c3c([2H])c([2H])c([2H])c([2H])c3n(-c3c([2H])c([2H])c(-c4c([2H])c([2H])c([2H])c([2H])c4[2H])c([2H])c3-c3nc(N4c5c([2H])c([2H])c([2H])c([2H])c5C5(C)CCCCC45C)nc(-n4c5c([2H])c([2H])c([2H])c([2H])c5c5c([2H])c([2H])c([2H])c([2H])c54)n3)c2c([2H])c1[2H]. The molecule has 1 fully saturated rings. The molecule has 2 atom stereocenters. The Morgan fingerprint density at radius 1 is 0.492 bits per heavy atom. The molecule has 0 spiro atoms. The maximum Gasteiger partial charge on any atom is 0.240 e. The normalized spacial score (nSPS) is 25.3. The van der Waals surface area contributed by atoms with Crippen molar-refractivity contribution in [1.29, 1.82) is 0 Å². The maximum atomic E-state index is 10.4. The molecule has 284 valence electrons. The van der Waals surface area contributed by atoms with Crippen LogP contribution in [0.1, 0.15) is 82.1 Å². The first kappa shape index (κ1) is 16.7. The van der Waals surface area contributed by atoms with Gasteiger partial charge < -0.3 is 9.47 Å². The van der Waals surface area contributed by atoms with E-state index in [-0.39, 0.29) is 28.4 Å². The molecular formula is C53H42N6. The van der Waals surface area contributed by atoms with Gasteiger partial charge in [0, 0.05) is 38.2 Å². The van der Waals surface area contributed by atoms with Crippen molar-refractivity contribution in [3.63, 3.8) is 0 Å². The Labute approximate surface area is 381 Å². The van der Waals surface area contributed by atoms with Crippen LogP contribution in [0, 0.1) is 0 Å². The summed E-state index contributed by atoms with van der Waals surface area (Å²) in [4.78, 5) is 16.2. The molecule has 7 aromatic carbocycles. The zero-order valence-electron chi connectivity index (χ0n) is 58.1. The van der Waals surface area contributed by atoms with Crippen molar-refractivity contribution >= 4 is 55.2 Å². The van der Waals surface area contributed by atoms with Crippen LogP contribution >= 0.6 is 0 Å². The molecule has 3 aromatic heterocycles. The summed E-state index contributed by atoms with van der Waals surface area (Å²) in [6, 6.07) is -21.0. The van der Waals surface area contributed by atoms with Crippen LogP contribution in [0.4, 0.5) is 11.6 Å². The van der Waals surface area contributed by atoms with Gasteiger partial charge in [-0.1, -0.05) is 147 Å². The van der Waals surface area contributed by atoms with Gasteiger partial charge in [-0.05, 0) is 78.8 Å². The summed E-state index contributed by atoms with van der Waals surface area (Å²) in [6.07, 6.45) is 1.60. The smallest absolute Gasteiger partial charge is 0.240 e. The van der Waals surface area contributed by atoms with Gasteiger partial charge in [-0.2, -0.15) is 15.0 Å². The predicted molar refractivity (Wildman–Crippen MR) is 242 cm³/mol. The molecule has 0 radical (unpaired) electrons. The first-order chi connectivity index (χ1) is 40.2. The molecule has 0 saturated heterocycles.